The zero-order chi connectivity index (χ0) is 12.1. The van der Waals surface area contributed by atoms with Gasteiger partial charge in [-0.25, -0.2) is 0 Å². The maximum Gasteiger partial charge on any atom is 0.246 e. The normalized spacial score (nSPS) is 13.9. The van der Waals surface area contributed by atoms with E-state index in [2.05, 4.69) is 5.32 Å². The molecule has 0 fully saturated rings. The van der Waals surface area contributed by atoms with Gasteiger partial charge in [0.15, 0.2) is 11.2 Å². The van der Waals surface area contributed by atoms with Crippen LogP contribution >= 0.6 is 11.6 Å². The molecule has 86 valence electrons. The van der Waals surface area contributed by atoms with Crippen molar-refractivity contribution in [3.63, 3.8) is 0 Å². The van der Waals surface area contributed by atoms with E-state index < -0.39 is 11.3 Å². The number of carbonyl (C=O) groups excluding carboxylic acids is 2. The first-order valence-corrected chi connectivity index (χ1v) is 5.46. The summed E-state index contributed by atoms with van der Waals surface area (Å²) in [5.41, 5.74) is 0.975. The van der Waals surface area contributed by atoms with E-state index in [1.165, 1.54) is 6.92 Å². The van der Waals surface area contributed by atoms with Crippen LogP contribution in [0.15, 0.2) is 30.3 Å². The van der Waals surface area contributed by atoms with Crippen molar-refractivity contribution in [1.29, 1.82) is 0 Å². The molecule has 1 unspecified atom stereocenters. The number of halogens is 1. The third-order valence-corrected chi connectivity index (χ3v) is 2.75. The van der Waals surface area contributed by atoms with Crippen molar-refractivity contribution in [1.82, 2.24) is 5.32 Å². The first kappa shape index (κ1) is 12.7. The molecular formula is C12H14ClNO2. The number of ketones is 1. The lowest BCUT2D eigenvalue weighted by atomic mass is 10.1. The summed E-state index contributed by atoms with van der Waals surface area (Å²) < 4.78 is 0. The summed E-state index contributed by atoms with van der Waals surface area (Å²) in [5.74, 6) is -0.801. The smallest absolute Gasteiger partial charge is 0.246 e. The Balaban J connectivity index is 2.62. The van der Waals surface area contributed by atoms with Crippen LogP contribution in [0.3, 0.4) is 0 Å². The summed E-state index contributed by atoms with van der Waals surface area (Å²) in [6.07, 6.45) is 0. The Hall–Kier alpha value is -1.35. The van der Waals surface area contributed by atoms with Crippen LogP contribution in [-0.2, 0) is 9.59 Å². The Morgan fingerprint density at radius 1 is 1.25 bits per heavy atom. The maximum absolute atomic E-state index is 11.5. The largest absolute Gasteiger partial charge is 0.348 e. The van der Waals surface area contributed by atoms with E-state index in [1.807, 2.05) is 37.3 Å². The lowest BCUT2D eigenvalue weighted by molar-refractivity contribution is -0.127. The average molecular weight is 240 g/mol. The van der Waals surface area contributed by atoms with Crippen molar-refractivity contribution in [2.24, 2.45) is 0 Å². The fourth-order valence-electron chi connectivity index (χ4n) is 1.30. The van der Waals surface area contributed by atoms with Crippen molar-refractivity contribution >= 4 is 23.3 Å². The number of carbonyl (C=O) groups is 2. The number of hydrogen-bond acceptors (Lipinski definition) is 2. The van der Waals surface area contributed by atoms with Gasteiger partial charge in [0.25, 0.3) is 0 Å². The number of nitrogens with one attached hydrogen (secondary N) is 1. The van der Waals surface area contributed by atoms with E-state index in [4.69, 9.17) is 11.6 Å². The first-order chi connectivity index (χ1) is 7.52. The van der Waals surface area contributed by atoms with Crippen LogP contribution in [0.4, 0.5) is 0 Å². The van der Waals surface area contributed by atoms with Crippen LogP contribution in [0.5, 0.6) is 0 Å². The van der Waals surface area contributed by atoms with Gasteiger partial charge in [-0.05, 0) is 19.4 Å². The average Bonchev–Trinajstić information content (AvgIpc) is 2.28. The second kappa shape index (κ2) is 5.66. The lowest BCUT2D eigenvalue weighted by Gasteiger charge is -2.15. The number of alkyl halides is 1. The predicted molar refractivity (Wildman–Crippen MR) is 63.3 cm³/mol. The second-order valence-corrected chi connectivity index (χ2v) is 4.05. The molecule has 1 aromatic carbocycles. The number of Topliss-reactive ketones (excluding diaryl/α,β-unsaturated/α-hetero) is 1. The second-order valence-electron chi connectivity index (χ2n) is 3.61. The van der Waals surface area contributed by atoms with Gasteiger partial charge < -0.3 is 5.32 Å². The maximum atomic E-state index is 11.5. The van der Waals surface area contributed by atoms with Gasteiger partial charge in [-0.1, -0.05) is 30.3 Å². The molecule has 0 aliphatic heterocycles. The minimum Gasteiger partial charge on any atom is -0.348 e. The topological polar surface area (TPSA) is 46.2 Å². The fourth-order valence-corrected chi connectivity index (χ4v) is 1.36. The van der Waals surface area contributed by atoms with Gasteiger partial charge in [-0.15, -0.1) is 11.6 Å². The molecule has 4 heteroatoms. The molecule has 3 nitrogen and oxygen atoms in total. The van der Waals surface area contributed by atoms with Crippen LogP contribution in [0.1, 0.15) is 25.5 Å². The van der Waals surface area contributed by atoms with Crippen molar-refractivity contribution in [3.05, 3.63) is 35.9 Å². The molecule has 16 heavy (non-hydrogen) atoms. The first-order valence-electron chi connectivity index (χ1n) is 5.02. The van der Waals surface area contributed by atoms with Gasteiger partial charge in [0, 0.05) is 0 Å². The molecule has 0 aliphatic rings. The van der Waals surface area contributed by atoms with Crippen molar-refractivity contribution in [2.45, 2.75) is 25.3 Å². The molecule has 0 spiro atoms. The van der Waals surface area contributed by atoms with Gasteiger partial charge in [0.2, 0.25) is 5.91 Å². The molecule has 0 saturated heterocycles. The molecule has 0 saturated carbocycles. The molecule has 1 aromatic rings. The zero-order valence-electron chi connectivity index (χ0n) is 9.24. The number of amides is 1. The highest BCUT2D eigenvalue weighted by molar-refractivity contribution is 6.41. The van der Waals surface area contributed by atoms with Gasteiger partial charge in [-0.2, -0.15) is 0 Å². The quantitative estimate of drug-likeness (QED) is 0.646. The molecular weight excluding hydrogens is 226 g/mol. The summed E-state index contributed by atoms with van der Waals surface area (Å²) in [6.45, 7) is 3.14. The van der Waals surface area contributed by atoms with Gasteiger partial charge in [-0.3, -0.25) is 9.59 Å². The van der Waals surface area contributed by atoms with Crippen LogP contribution in [0.2, 0.25) is 0 Å². The Morgan fingerprint density at radius 2 is 1.81 bits per heavy atom. The Morgan fingerprint density at radius 3 is 2.31 bits per heavy atom. The Kier molecular flexibility index (Phi) is 4.50. The highest BCUT2D eigenvalue weighted by atomic mass is 35.5. The van der Waals surface area contributed by atoms with Crippen LogP contribution in [-0.4, -0.2) is 17.1 Å². The SMILES string of the molecule is CC(=O)C(Cl)C(=O)N[C@@H](C)c1ccccc1. The molecule has 1 rings (SSSR count). The summed E-state index contributed by atoms with van der Waals surface area (Å²) in [6, 6.07) is 9.33. The number of hydrogen-bond donors (Lipinski definition) is 1. The van der Waals surface area contributed by atoms with Crippen molar-refractivity contribution in [2.75, 3.05) is 0 Å². The molecule has 1 N–H and O–H groups in total. The van der Waals surface area contributed by atoms with Gasteiger partial charge in [0.05, 0.1) is 6.04 Å². The summed E-state index contributed by atoms with van der Waals surface area (Å²) in [7, 11) is 0. The lowest BCUT2D eigenvalue weighted by Crippen LogP contribution is -2.36. The summed E-state index contributed by atoms with van der Waals surface area (Å²) in [5, 5.41) is 1.58. The zero-order valence-corrected chi connectivity index (χ0v) is 9.99. The molecule has 0 radical (unpaired) electrons. The fraction of sp³-hybridized carbons (Fsp3) is 0.333. The minimum atomic E-state index is -1.11. The predicted octanol–water partition coefficient (Wildman–Crippen LogP) is 2.06. The minimum absolute atomic E-state index is 0.158. The van der Waals surface area contributed by atoms with E-state index in [0.717, 1.165) is 5.56 Å². The molecule has 0 heterocycles. The van der Waals surface area contributed by atoms with Crippen molar-refractivity contribution in [3.8, 4) is 0 Å². The number of benzene rings is 1. The van der Waals surface area contributed by atoms with Gasteiger partial charge >= 0.3 is 0 Å². The Bertz CT molecular complexity index is 378. The van der Waals surface area contributed by atoms with E-state index in [-0.39, 0.29) is 11.8 Å². The monoisotopic (exact) mass is 239 g/mol. The summed E-state index contributed by atoms with van der Waals surface area (Å²) >= 11 is 5.64. The van der Waals surface area contributed by atoms with Gasteiger partial charge in [0.1, 0.15) is 0 Å². The Labute approximate surface area is 99.8 Å². The van der Waals surface area contributed by atoms with Crippen LogP contribution in [0, 0.1) is 0 Å². The molecule has 0 aromatic heterocycles. The van der Waals surface area contributed by atoms with Crippen LogP contribution < -0.4 is 5.32 Å². The highest BCUT2D eigenvalue weighted by Gasteiger charge is 2.21. The molecule has 0 aliphatic carbocycles. The van der Waals surface area contributed by atoms with E-state index in [1.54, 1.807) is 0 Å². The van der Waals surface area contributed by atoms with Crippen molar-refractivity contribution < 1.29 is 9.59 Å². The number of rotatable bonds is 4. The highest BCUT2D eigenvalue weighted by Crippen LogP contribution is 2.12. The van der Waals surface area contributed by atoms with E-state index >= 15 is 0 Å². The molecule has 2 atom stereocenters. The molecule has 0 bridgehead atoms. The van der Waals surface area contributed by atoms with Crippen LogP contribution in [0.25, 0.3) is 0 Å². The standard InChI is InChI=1S/C12H14ClNO2/c1-8(10-6-4-3-5-7-10)14-12(16)11(13)9(2)15/h3-8,11H,1-2H3,(H,14,16)/t8-,11?/m0/s1. The van der Waals surface area contributed by atoms with E-state index in [0.29, 0.717) is 0 Å². The van der Waals surface area contributed by atoms with E-state index in [9.17, 15) is 9.59 Å². The third-order valence-electron chi connectivity index (χ3n) is 2.25. The molecule has 1 amide bonds. The third kappa shape index (κ3) is 3.35. The summed E-state index contributed by atoms with van der Waals surface area (Å²) in [4.78, 5) is 22.4.